The first-order valence-corrected chi connectivity index (χ1v) is 8.21. The highest BCUT2D eigenvalue weighted by Crippen LogP contribution is 2.23. The maximum Gasteiger partial charge on any atom is 0.303 e. The molecule has 1 saturated heterocycles. The van der Waals surface area contributed by atoms with E-state index in [4.69, 9.17) is 5.11 Å². The molecule has 1 fully saturated rings. The van der Waals surface area contributed by atoms with Crippen molar-refractivity contribution in [2.45, 2.75) is 51.5 Å². The summed E-state index contributed by atoms with van der Waals surface area (Å²) in [5, 5.41) is 8.82. The molecule has 4 nitrogen and oxygen atoms in total. The molecule has 5 heteroatoms. The number of hydrogen-bond donors (Lipinski definition) is 1. The number of carbonyl (C=O) groups excluding carboxylic acids is 1. The van der Waals surface area contributed by atoms with Crippen molar-refractivity contribution in [1.29, 1.82) is 0 Å². The molecule has 23 heavy (non-hydrogen) atoms. The van der Waals surface area contributed by atoms with Crippen molar-refractivity contribution < 1.29 is 19.1 Å². The highest BCUT2D eigenvalue weighted by molar-refractivity contribution is 5.77. The smallest absolute Gasteiger partial charge is 0.303 e. The van der Waals surface area contributed by atoms with E-state index in [1.165, 1.54) is 12.1 Å². The Bertz CT molecular complexity index is 544. The topological polar surface area (TPSA) is 57.6 Å². The summed E-state index contributed by atoms with van der Waals surface area (Å²) < 4.78 is 13.0. The molecule has 0 aromatic heterocycles. The van der Waals surface area contributed by atoms with E-state index in [1.54, 1.807) is 19.1 Å². The summed E-state index contributed by atoms with van der Waals surface area (Å²) in [6, 6.07) is 6.54. The molecule has 2 rings (SSSR count). The van der Waals surface area contributed by atoms with Crippen LogP contribution >= 0.6 is 0 Å². The predicted molar refractivity (Wildman–Crippen MR) is 85.5 cm³/mol. The Hall–Kier alpha value is -1.91. The van der Waals surface area contributed by atoms with Crippen LogP contribution in [0, 0.1) is 11.7 Å². The average molecular weight is 321 g/mol. The molecule has 1 heterocycles. The van der Waals surface area contributed by atoms with Gasteiger partial charge in [-0.1, -0.05) is 19.1 Å². The van der Waals surface area contributed by atoms with E-state index >= 15 is 0 Å². The summed E-state index contributed by atoms with van der Waals surface area (Å²) >= 11 is 0. The molecule has 1 N–H and O–H groups in total. The Morgan fingerprint density at radius 1 is 1.26 bits per heavy atom. The van der Waals surface area contributed by atoms with Crippen LogP contribution in [-0.2, 0) is 16.0 Å². The Morgan fingerprint density at radius 3 is 2.61 bits per heavy atom. The highest BCUT2D eigenvalue weighted by atomic mass is 19.1. The molecule has 2 atom stereocenters. The molecule has 1 amide bonds. The number of carboxylic acid groups (broad SMARTS) is 1. The Kier molecular flexibility index (Phi) is 6.13. The molecule has 0 bridgehead atoms. The summed E-state index contributed by atoms with van der Waals surface area (Å²) in [7, 11) is 0. The minimum atomic E-state index is -0.869. The number of piperidine rings is 1. The zero-order chi connectivity index (χ0) is 16.8. The molecule has 0 radical (unpaired) electrons. The summed E-state index contributed by atoms with van der Waals surface area (Å²) in [4.78, 5) is 25.2. The second-order valence-electron chi connectivity index (χ2n) is 6.47. The van der Waals surface area contributed by atoms with Gasteiger partial charge in [0.15, 0.2) is 0 Å². The fraction of sp³-hybridized carbons (Fsp3) is 0.556. The maximum atomic E-state index is 13.0. The summed E-state index contributed by atoms with van der Waals surface area (Å²) in [5.41, 5.74) is 1.02. The molecule has 1 aliphatic heterocycles. The number of rotatable bonds is 6. The zero-order valence-corrected chi connectivity index (χ0v) is 13.5. The van der Waals surface area contributed by atoms with Gasteiger partial charge in [0.05, 0.1) is 0 Å². The molecule has 0 spiro atoms. The first kappa shape index (κ1) is 17.4. The number of likely N-dealkylation sites (tertiary alicyclic amines) is 1. The van der Waals surface area contributed by atoms with E-state index in [1.807, 2.05) is 4.90 Å². The van der Waals surface area contributed by atoms with Crippen LogP contribution in [0.1, 0.15) is 44.6 Å². The van der Waals surface area contributed by atoms with E-state index in [0.717, 1.165) is 37.8 Å². The molecule has 1 aromatic carbocycles. The lowest BCUT2D eigenvalue weighted by Crippen LogP contribution is -2.45. The molecule has 1 aromatic rings. The van der Waals surface area contributed by atoms with Crippen molar-refractivity contribution in [1.82, 2.24) is 4.90 Å². The van der Waals surface area contributed by atoms with Crippen molar-refractivity contribution in [3.05, 3.63) is 35.6 Å². The van der Waals surface area contributed by atoms with Crippen molar-refractivity contribution in [2.75, 3.05) is 6.54 Å². The highest BCUT2D eigenvalue weighted by Gasteiger charge is 2.27. The van der Waals surface area contributed by atoms with Crippen LogP contribution < -0.4 is 0 Å². The van der Waals surface area contributed by atoms with Gasteiger partial charge in [-0.3, -0.25) is 9.59 Å². The van der Waals surface area contributed by atoms with Crippen LogP contribution in [0.3, 0.4) is 0 Å². The Labute approximate surface area is 136 Å². The quantitative estimate of drug-likeness (QED) is 0.875. The largest absolute Gasteiger partial charge is 0.481 e. The maximum absolute atomic E-state index is 13.0. The number of amides is 1. The third-order valence-electron chi connectivity index (χ3n) is 4.38. The van der Waals surface area contributed by atoms with E-state index in [0.29, 0.717) is 0 Å². The minimum absolute atomic E-state index is 0.0161. The van der Waals surface area contributed by atoms with Gasteiger partial charge in [0, 0.05) is 25.4 Å². The van der Waals surface area contributed by atoms with E-state index < -0.39 is 5.97 Å². The number of carboxylic acids is 1. The number of halogens is 1. The van der Waals surface area contributed by atoms with Crippen LogP contribution in [0.4, 0.5) is 4.39 Å². The molecule has 2 unspecified atom stereocenters. The molecule has 0 aliphatic carbocycles. The summed E-state index contributed by atoms with van der Waals surface area (Å²) in [5.74, 6) is -1.25. The number of nitrogens with zero attached hydrogens (tertiary/aromatic N) is 1. The first-order valence-electron chi connectivity index (χ1n) is 8.21. The van der Waals surface area contributed by atoms with Crippen LogP contribution in [-0.4, -0.2) is 34.5 Å². The van der Waals surface area contributed by atoms with Gasteiger partial charge in [0.2, 0.25) is 5.91 Å². The van der Waals surface area contributed by atoms with E-state index in [-0.39, 0.29) is 36.5 Å². The van der Waals surface area contributed by atoms with Crippen molar-refractivity contribution in [3.63, 3.8) is 0 Å². The monoisotopic (exact) mass is 321 g/mol. The van der Waals surface area contributed by atoms with Crippen molar-refractivity contribution in [2.24, 2.45) is 5.92 Å². The van der Waals surface area contributed by atoms with Gasteiger partial charge in [0.25, 0.3) is 0 Å². The van der Waals surface area contributed by atoms with Gasteiger partial charge >= 0.3 is 5.97 Å². The lowest BCUT2D eigenvalue weighted by Gasteiger charge is -2.36. The third kappa shape index (κ3) is 5.34. The van der Waals surface area contributed by atoms with Gasteiger partial charge in [-0.2, -0.15) is 0 Å². The minimum Gasteiger partial charge on any atom is -0.481 e. The number of aliphatic carboxylic acids is 1. The van der Waals surface area contributed by atoms with E-state index in [2.05, 4.69) is 0 Å². The molecule has 126 valence electrons. The van der Waals surface area contributed by atoms with Gasteiger partial charge < -0.3 is 10.0 Å². The predicted octanol–water partition coefficient (Wildman–Crippen LogP) is 3.25. The molecular formula is C18H24FNO3. The number of carbonyl (C=O) groups is 2. The lowest BCUT2D eigenvalue weighted by atomic mass is 9.94. The SMILES string of the molecule is CC(CC(=O)O)CC(=O)N1CCCCC1Cc1ccc(F)cc1. The number of hydrogen-bond acceptors (Lipinski definition) is 2. The average Bonchev–Trinajstić information content (AvgIpc) is 2.49. The van der Waals surface area contributed by atoms with Gasteiger partial charge in [0.1, 0.15) is 5.82 Å². The van der Waals surface area contributed by atoms with Crippen molar-refractivity contribution in [3.8, 4) is 0 Å². The normalized spacial score (nSPS) is 19.4. The molecule has 0 saturated carbocycles. The Balaban J connectivity index is 1.98. The van der Waals surface area contributed by atoms with Crippen LogP contribution in [0.25, 0.3) is 0 Å². The Morgan fingerprint density at radius 2 is 1.96 bits per heavy atom. The summed E-state index contributed by atoms with van der Waals surface area (Å²) in [6.45, 7) is 2.52. The third-order valence-corrected chi connectivity index (χ3v) is 4.38. The molecule has 1 aliphatic rings. The molecular weight excluding hydrogens is 297 g/mol. The van der Waals surface area contributed by atoms with E-state index in [9.17, 15) is 14.0 Å². The summed E-state index contributed by atoms with van der Waals surface area (Å²) in [6.07, 6.45) is 4.02. The van der Waals surface area contributed by atoms with Gasteiger partial charge in [-0.05, 0) is 49.3 Å². The van der Waals surface area contributed by atoms with Crippen LogP contribution in [0.15, 0.2) is 24.3 Å². The van der Waals surface area contributed by atoms with Crippen molar-refractivity contribution >= 4 is 11.9 Å². The standard InChI is InChI=1S/C18H24FNO3/c1-13(11-18(22)23)10-17(21)20-9-3-2-4-16(20)12-14-5-7-15(19)8-6-14/h5-8,13,16H,2-4,9-12H2,1H3,(H,22,23). The van der Waals surface area contributed by atoms with Crippen LogP contribution in [0.2, 0.25) is 0 Å². The fourth-order valence-corrected chi connectivity index (χ4v) is 3.22. The van der Waals surface area contributed by atoms with Gasteiger partial charge in [-0.25, -0.2) is 4.39 Å². The second-order valence-corrected chi connectivity index (χ2v) is 6.47. The fourth-order valence-electron chi connectivity index (χ4n) is 3.22. The zero-order valence-electron chi connectivity index (χ0n) is 13.5. The second kappa shape index (κ2) is 8.09. The van der Waals surface area contributed by atoms with Crippen LogP contribution in [0.5, 0.6) is 0 Å². The lowest BCUT2D eigenvalue weighted by molar-refractivity contribution is -0.139. The number of benzene rings is 1. The first-order chi connectivity index (χ1) is 11.0. The van der Waals surface area contributed by atoms with Gasteiger partial charge in [-0.15, -0.1) is 0 Å².